The fourth-order valence-corrected chi connectivity index (χ4v) is 2.09. The molecule has 3 nitrogen and oxygen atoms in total. The third kappa shape index (κ3) is 4.78. The van der Waals surface area contributed by atoms with E-state index in [9.17, 15) is 4.79 Å². The topological polar surface area (TPSA) is 41.1 Å². The van der Waals surface area contributed by atoms with E-state index in [1.165, 1.54) is 12.5 Å². The Morgan fingerprint density at radius 2 is 1.94 bits per heavy atom. The van der Waals surface area contributed by atoms with Gasteiger partial charge in [0.15, 0.2) is 0 Å². The van der Waals surface area contributed by atoms with Gasteiger partial charge in [0.2, 0.25) is 5.91 Å². The highest BCUT2D eigenvalue weighted by Gasteiger charge is 2.07. The Morgan fingerprint density at radius 1 is 1.28 bits per heavy atom. The van der Waals surface area contributed by atoms with Crippen molar-refractivity contribution in [2.75, 3.05) is 10.6 Å². The molecule has 1 amide bonds. The summed E-state index contributed by atoms with van der Waals surface area (Å²) in [7, 11) is 0. The van der Waals surface area contributed by atoms with E-state index in [1.54, 1.807) is 0 Å². The van der Waals surface area contributed by atoms with E-state index in [-0.39, 0.29) is 5.91 Å². The van der Waals surface area contributed by atoms with Gasteiger partial charge in [0, 0.05) is 24.3 Å². The zero-order valence-electron chi connectivity index (χ0n) is 12.0. The summed E-state index contributed by atoms with van der Waals surface area (Å²) < 4.78 is 0. The summed E-state index contributed by atoms with van der Waals surface area (Å²) in [6, 6.07) is 6.37. The molecule has 2 N–H and O–H groups in total. The fourth-order valence-electron chi connectivity index (χ4n) is 2.09. The van der Waals surface area contributed by atoms with Crippen LogP contribution in [0.4, 0.5) is 11.4 Å². The van der Waals surface area contributed by atoms with Crippen LogP contribution in [0.3, 0.4) is 0 Å². The van der Waals surface area contributed by atoms with Crippen LogP contribution in [0, 0.1) is 12.8 Å². The van der Waals surface area contributed by atoms with Crippen molar-refractivity contribution in [3.05, 3.63) is 23.8 Å². The molecule has 0 radical (unpaired) electrons. The quantitative estimate of drug-likeness (QED) is 0.832. The SMILES string of the molecule is CC(=O)Nc1ccc(C)c(NC(C)CC(C)C)c1. The Morgan fingerprint density at radius 3 is 2.50 bits per heavy atom. The monoisotopic (exact) mass is 248 g/mol. The van der Waals surface area contributed by atoms with Crippen molar-refractivity contribution in [1.82, 2.24) is 0 Å². The molecule has 1 aromatic carbocycles. The number of carbonyl (C=O) groups is 1. The first-order valence-corrected chi connectivity index (χ1v) is 6.53. The Bertz CT molecular complexity index is 413. The lowest BCUT2D eigenvalue weighted by molar-refractivity contribution is -0.114. The second-order valence-corrected chi connectivity index (χ2v) is 5.39. The van der Waals surface area contributed by atoms with Gasteiger partial charge in [-0.2, -0.15) is 0 Å². The summed E-state index contributed by atoms with van der Waals surface area (Å²) in [5.74, 6) is 0.631. The third-order valence-electron chi connectivity index (χ3n) is 2.78. The molecule has 0 heterocycles. The smallest absolute Gasteiger partial charge is 0.221 e. The number of benzene rings is 1. The zero-order chi connectivity index (χ0) is 13.7. The van der Waals surface area contributed by atoms with Gasteiger partial charge in [0.25, 0.3) is 0 Å². The lowest BCUT2D eigenvalue weighted by Crippen LogP contribution is -2.18. The number of anilines is 2. The Labute approximate surface area is 110 Å². The average molecular weight is 248 g/mol. The van der Waals surface area contributed by atoms with Gasteiger partial charge in [-0.1, -0.05) is 19.9 Å². The number of hydrogen-bond donors (Lipinski definition) is 2. The molecular formula is C15H24N2O. The minimum atomic E-state index is -0.0416. The van der Waals surface area contributed by atoms with Crippen molar-refractivity contribution in [3.8, 4) is 0 Å². The molecule has 0 aliphatic rings. The molecule has 1 atom stereocenters. The molecule has 3 heteroatoms. The van der Waals surface area contributed by atoms with E-state index in [1.807, 2.05) is 18.2 Å². The predicted molar refractivity (Wildman–Crippen MR) is 78.0 cm³/mol. The third-order valence-corrected chi connectivity index (χ3v) is 2.78. The summed E-state index contributed by atoms with van der Waals surface area (Å²) in [6.07, 6.45) is 1.13. The molecule has 0 saturated heterocycles. The van der Waals surface area contributed by atoms with Gasteiger partial charge in [-0.3, -0.25) is 4.79 Å². The van der Waals surface area contributed by atoms with Crippen LogP contribution in [0.2, 0.25) is 0 Å². The van der Waals surface area contributed by atoms with Crippen LogP contribution < -0.4 is 10.6 Å². The maximum absolute atomic E-state index is 11.0. The van der Waals surface area contributed by atoms with E-state index >= 15 is 0 Å². The van der Waals surface area contributed by atoms with E-state index < -0.39 is 0 Å². The molecule has 0 aliphatic carbocycles. The van der Waals surface area contributed by atoms with Gasteiger partial charge in [0.05, 0.1) is 0 Å². The number of rotatable bonds is 5. The second kappa shape index (κ2) is 6.43. The zero-order valence-corrected chi connectivity index (χ0v) is 12.0. The van der Waals surface area contributed by atoms with E-state index in [0.29, 0.717) is 12.0 Å². The fraction of sp³-hybridized carbons (Fsp3) is 0.533. The minimum Gasteiger partial charge on any atom is -0.382 e. The first-order chi connectivity index (χ1) is 8.38. The van der Waals surface area contributed by atoms with Crippen molar-refractivity contribution in [2.24, 2.45) is 5.92 Å². The normalized spacial score (nSPS) is 12.3. The first-order valence-electron chi connectivity index (χ1n) is 6.53. The largest absolute Gasteiger partial charge is 0.382 e. The number of aryl methyl sites for hydroxylation is 1. The van der Waals surface area contributed by atoms with Crippen LogP contribution in [-0.2, 0) is 4.79 Å². The van der Waals surface area contributed by atoms with Gasteiger partial charge in [-0.25, -0.2) is 0 Å². The Hall–Kier alpha value is -1.51. The Balaban J connectivity index is 2.77. The van der Waals surface area contributed by atoms with Crippen LogP contribution in [0.5, 0.6) is 0 Å². The van der Waals surface area contributed by atoms with Crippen LogP contribution in [0.25, 0.3) is 0 Å². The summed E-state index contributed by atoms with van der Waals surface area (Å²) in [5, 5.41) is 6.31. The number of carbonyl (C=O) groups excluding carboxylic acids is 1. The van der Waals surface area contributed by atoms with Gasteiger partial charge >= 0.3 is 0 Å². The highest BCUT2D eigenvalue weighted by Crippen LogP contribution is 2.22. The summed E-state index contributed by atoms with van der Waals surface area (Å²) >= 11 is 0. The summed E-state index contributed by atoms with van der Waals surface area (Å²) in [5.41, 5.74) is 3.13. The van der Waals surface area contributed by atoms with Crippen molar-refractivity contribution in [1.29, 1.82) is 0 Å². The second-order valence-electron chi connectivity index (χ2n) is 5.39. The molecule has 0 aromatic heterocycles. The molecule has 0 aliphatic heterocycles. The number of hydrogen-bond acceptors (Lipinski definition) is 2. The molecule has 1 rings (SSSR count). The average Bonchev–Trinajstić information content (AvgIpc) is 2.21. The highest BCUT2D eigenvalue weighted by molar-refractivity contribution is 5.89. The van der Waals surface area contributed by atoms with Crippen molar-refractivity contribution < 1.29 is 4.79 Å². The van der Waals surface area contributed by atoms with Crippen LogP contribution in [0.15, 0.2) is 18.2 Å². The van der Waals surface area contributed by atoms with Gasteiger partial charge in [-0.15, -0.1) is 0 Å². The van der Waals surface area contributed by atoms with Crippen molar-refractivity contribution in [3.63, 3.8) is 0 Å². The maximum Gasteiger partial charge on any atom is 0.221 e. The number of amides is 1. The molecule has 100 valence electrons. The van der Waals surface area contributed by atoms with Crippen LogP contribution in [0.1, 0.15) is 39.7 Å². The van der Waals surface area contributed by atoms with Gasteiger partial charge < -0.3 is 10.6 Å². The molecule has 18 heavy (non-hydrogen) atoms. The predicted octanol–water partition coefficient (Wildman–Crippen LogP) is 3.80. The summed E-state index contributed by atoms with van der Waals surface area (Å²) in [4.78, 5) is 11.0. The van der Waals surface area contributed by atoms with Crippen LogP contribution >= 0.6 is 0 Å². The molecule has 1 aromatic rings. The lowest BCUT2D eigenvalue weighted by atomic mass is 10.0. The van der Waals surface area contributed by atoms with Gasteiger partial charge in [0.1, 0.15) is 0 Å². The van der Waals surface area contributed by atoms with E-state index in [0.717, 1.165) is 17.8 Å². The maximum atomic E-state index is 11.0. The molecular weight excluding hydrogens is 224 g/mol. The lowest BCUT2D eigenvalue weighted by Gasteiger charge is -2.19. The molecule has 0 bridgehead atoms. The Kier molecular flexibility index (Phi) is 5.20. The number of nitrogens with one attached hydrogen (secondary N) is 2. The molecule has 0 spiro atoms. The summed E-state index contributed by atoms with van der Waals surface area (Å²) in [6.45, 7) is 10.2. The van der Waals surface area contributed by atoms with Gasteiger partial charge in [-0.05, 0) is 43.9 Å². The first kappa shape index (κ1) is 14.6. The highest BCUT2D eigenvalue weighted by atomic mass is 16.1. The molecule has 1 unspecified atom stereocenters. The van der Waals surface area contributed by atoms with Crippen LogP contribution in [-0.4, -0.2) is 11.9 Å². The van der Waals surface area contributed by atoms with Crippen molar-refractivity contribution >= 4 is 17.3 Å². The van der Waals surface area contributed by atoms with E-state index in [2.05, 4.69) is 38.3 Å². The van der Waals surface area contributed by atoms with E-state index in [4.69, 9.17) is 0 Å². The standard InChI is InChI=1S/C15H24N2O/c1-10(2)8-12(4)16-15-9-14(17-13(5)18)7-6-11(15)3/h6-7,9-10,12,16H,8H2,1-5H3,(H,17,18). The molecule has 0 fully saturated rings. The minimum absolute atomic E-state index is 0.0416. The van der Waals surface area contributed by atoms with Crippen molar-refractivity contribution in [2.45, 2.75) is 47.1 Å². The molecule has 0 saturated carbocycles.